The number of aryl methyl sites for hydroxylation is 3. The summed E-state index contributed by atoms with van der Waals surface area (Å²) < 4.78 is 192. The van der Waals surface area contributed by atoms with Crippen molar-refractivity contribution in [1.82, 2.24) is 48.7 Å². The lowest BCUT2D eigenvalue weighted by atomic mass is 10.0. The molecule has 5 aromatic heterocycles. The summed E-state index contributed by atoms with van der Waals surface area (Å²) in [5.41, 5.74) is -4.61. The number of ketones is 1. The number of carbonyl (C=O) groups is 3. The van der Waals surface area contributed by atoms with E-state index in [1.165, 1.54) is 28.0 Å². The Morgan fingerprint density at radius 3 is 2.11 bits per heavy atom. The second-order valence-corrected chi connectivity index (χ2v) is 25.4. The normalized spacial score (nSPS) is 12.2. The lowest BCUT2D eigenvalue weighted by Crippen LogP contribution is -2.25. The molecule has 0 aliphatic heterocycles. The molecular formula is C59H57Cl3F9N11O13S2. The Morgan fingerprint density at radius 2 is 1.53 bits per heavy atom. The second kappa shape index (κ2) is 32.8. The number of methoxy groups -OCH3 is 1. The molecule has 38 heteroatoms. The number of hydrogen-bond donors (Lipinski definition) is 2. The van der Waals surface area contributed by atoms with Gasteiger partial charge in [0.1, 0.15) is 51.0 Å². The molecule has 24 nitrogen and oxygen atoms in total. The molecule has 9 aromatic rings. The lowest BCUT2D eigenvalue weighted by molar-refractivity contribution is -0.151. The number of unbranched alkanes of at least 4 members (excludes halogenated alkanes) is 2. The average Bonchev–Trinajstić information content (AvgIpc) is 1.71. The van der Waals surface area contributed by atoms with E-state index in [9.17, 15) is 80.3 Å². The Balaban J connectivity index is 0.000000204. The standard InChI is InChI=1S/C18H22ClNO3.C15H14Cl2F3N3O3.C14H13F3N2O4S.C12H8F3N5O3S/c1-3-4-5-7-13(2)23-17(21)12-22-16-10-9-15(19)14-8-6-11-20-18(14)16;1-3-26-13(24)10(17)4-8-5-12(11(18)6-9(8)16)23-15(25)22(14(19)20)7(2)21-23;1-7-11(13(21)19(2)18-7)12(20)9-5-4-8(14(15,16)17)6-10(9)24(3,22)23;1-23-12-16-5-8(15)10-17-11(18-20(10)12)24(21,22)19-9-6(13)3-2-4-7(9)14/h6,8-11,13H,3-5,7,12H2,1-2H3;5-6,10,14H,3-4H2,1-2H3;4-6,18H,1-3H3;2-5,19H,1H3. The van der Waals surface area contributed by atoms with Crippen molar-refractivity contribution in [1.29, 1.82) is 0 Å². The van der Waals surface area contributed by atoms with Crippen LogP contribution in [-0.4, -0.2) is 121 Å². The van der Waals surface area contributed by atoms with Gasteiger partial charge in [0.25, 0.3) is 20.7 Å². The van der Waals surface area contributed by atoms with Crippen LogP contribution in [0.3, 0.4) is 0 Å². The monoisotopic (exact) mass is 1470 g/mol. The van der Waals surface area contributed by atoms with Crippen LogP contribution in [0.4, 0.5) is 45.2 Å². The minimum atomic E-state index is -4.76. The molecule has 522 valence electrons. The van der Waals surface area contributed by atoms with Gasteiger partial charge in [0.15, 0.2) is 33.7 Å². The van der Waals surface area contributed by atoms with Crippen molar-refractivity contribution in [3.05, 3.63) is 173 Å². The molecule has 0 amide bonds. The molecule has 2 unspecified atom stereocenters. The summed E-state index contributed by atoms with van der Waals surface area (Å²) in [7, 11) is -6.14. The Morgan fingerprint density at radius 1 is 0.845 bits per heavy atom. The van der Waals surface area contributed by atoms with Crippen LogP contribution < -0.4 is 25.4 Å². The smallest absolute Gasteiger partial charge is 0.416 e. The first-order valence-electron chi connectivity index (χ1n) is 28.2. The van der Waals surface area contributed by atoms with Gasteiger partial charge in [-0.2, -0.15) is 44.6 Å². The van der Waals surface area contributed by atoms with Crippen molar-refractivity contribution in [2.24, 2.45) is 7.05 Å². The Bertz CT molecular complexity index is 4730. The number of alkyl halides is 6. The number of ether oxygens (including phenoxy) is 4. The summed E-state index contributed by atoms with van der Waals surface area (Å²) in [4.78, 5) is 70.7. The van der Waals surface area contributed by atoms with E-state index in [1.807, 2.05) is 19.1 Å². The van der Waals surface area contributed by atoms with Gasteiger partial charge < -0.3 is 18.9 Å². The molecule has 0 aliphatic rings. The van der Waals surface area contributed by atoms with Gasteiger partial charge in [-0.15, -0.1) is 21.8 Å². The number of para-hydroxylation sites is 1. The predicted molar refractivity (Wildman–Crippen MR) is 334 cm³/mol. The lowest BCUT2D eigenvalue weighted by Gasteiger charge is -2.14. The van der Waals surface area contributed by atoms with E-state index in [-0.39, 0.29) is 75.6 Å². The molecule has 0 saturated carbocycles. The number of sulfone groups is 1. The zero-order chi connectivity index (χ0) is 72.2. The quantitative estimate of drug-likeness (QED) is 0.0222. The summed E-state index contributed by atoms with van der Waals surface area (Å²) in [6, 6.07) is 13.5. The van der Waals surface area contributed by atoms with Crippen LogP contribution in [0.2, 0.25) is 10.0 Å². The molecule has 0 radical (unpaired) electrons. The Kier molecular flexibility index (Phi) is 26.0. The molecule has 2 atom stereocenters. The topological polar surface area (TPSA) is 302 Å². The van der Waals surface area contributed by atoms with Crippen LogP contribution in [-0.2, 0) is 58.6 Å². The summed E-state index contributed by atoms with van der Waals surface area (Å²) in [6.07, 6.45) is 2.42. The maximum Gasteiger partial charge on any atom is 0.416 e. The third kappa shape index (κ3) is 19.2. The number of carbonyl (C=O) groups excluding carboxylic acids is 3. The van der Waals surface area contributed by atoms with E-state index >= 15 is 0 Å². The van der Waals surface area contributed by atoms with Crippen molar-refractivity contribution < 1.29 is 89.7 Å². The number of esters is 2. The Hall–Kier alpha value is -9.06. The van der Waals surface area contributed by atoms with Crippen LogP contribution >= 0.6 is 34.8 Å². The number of benzene rings is 4. The maximum absolute atomic E-state index is 14.2. The van der Waals surface area contributed by atoms with Gasteiger partial charge in [-0.3, -0.25) is 33.9 Å². The number of sulfonamides is 1. The highest BCUT2D eigenvalue weighted by atomic mass is 35.5. The number of fused-ring (bicyclic) bond motifs is 2. The first-order valence-corrected chi connectivity index (χ1v) is 32.8. The third-order valence-electron chi connectivity index (χ3n) is 13.3. The van der Waals surface area contributed by atoms with Crippen LogP contribution in [0.15, 0.2) is 105 Å². The minimum absolute atomic E-state index is 0.0424. The largest absolute Gasteiger partial charge is 0.480 e. The summed E-state index contributed by atoms with van der Waals surface area (Å²) in [6.45, 7) is 5.16. The number of rotatable bonds is 21. The molecule has 9 rings (SSSR count). The van der Waals surface area contributed by atoms with Crippen molar-refractivity contribution in [2.75, 3.05) is 31.3 Å². The van der Waals surface area contributed by atoms with Gasteiger partial charge in [-0.1, -0.05) is 49.0 Å². The summed E-state index contributed by atoms with van der Waals surface area (Å²) in [5.74, 6) is -5.93. The van der Waals surface area contributed by atoms with Crippen LogP contribution in [0.25, 0.3) is 22.2 Å². The zero-order valence-corrected chi connectivity index (χ0v) is 55.8. The van der Waals surface area contributed by atoms with E-state index in [2.05, 4.69) is 37.2 Å². The number of anilines is 1. The Labute approximate surface area is 560 Å². The number of aromatic nitrogens is 10. The van der Waals surface area contributed by atoms with Crippen molar-refractivity contribution in [3.8, 4) is 17.4 Å². The third-order valence-corrected chi connectivity index (χ3v) is 16.6. The van der Waals surface area contributed by atoms with Crippen molar-refractivity contribution in [3.63, 3.8) is 0 Å². The summed E-state index contributed by atoms with van der Waals surface area (Å²) in [5, 5.41) is 9.14. The SMILES string of the molecule is CCCCCC(C)OC(=O)COc1ccc(Cl)c2cccnc12.CCOC(=O)C(Cl)Cc1cc(-n2nc(C)n(C(F)F)c2=O)c(F)cc1Cl.COc1ncc(F)c2nc(S(=O)(=O)Nc3c(F)cccc3F)nn12.Cc1[nH]n(C)c(=O)c1C(=O)c1ccc(C(F)(F)F)cc1S(C)(=O)=O. The van der Waals surface area contributed by atoms with Crippen molar-refractivity contribution in [2.45, 2.75) is 101 Å². The number of nitrogens with zero attached hydrogens (tertiary/aromatic N) is 9. The maximum atomic E-state index is 14.2. The van der Waals surface area contributed by atoms with Crippen LogP contribution in [0.5, 0.6) is 11.8 Å². The van der Waals surface area contributed by atoms with Crippen LogP contribution in [0, 0.1) is 37.1 Å². The van der Waals surface area contributed by atoms with E-state index < -0.39 is 117 Å². The van der Waals surface area contributed by atoms with Gasteiger partial charge in [-0.25, -0.2) is 45.1 Å². The number of nitrogens with one attached hydrogen (secondary N) is 2. The van der Waals surface area contributed by atoms with Gasteiger partial charge in [-0.05, 0) is 113 Å². The molecule has 2 N–H and O–H groups in total. The fraction of sp³-hybridized carbons (Fsp3) is 0.322. The molecule has 4 aromatic carbocycles. The number of pyridine rings is 1. The van der Waals surface area contributed by atoms with Gasteiger partial charge in [0, 0.05) is 47.6 Å². The summed E-state index contributed by atoms with van der Waals surface area (Å²) >= 11 is 18.0. The van der Waals surface area contributed by atoms with Crippen LogP contribution in [0.1, 0.15) is 91.6 Å². The first kappa shape index (κ1) is 77.0. The molecule has 0 fully saturated rings. The number of hydrogen-bond acceptors (Lipinski definition) is 18. The molecule has 5 heterocycles. The number of halogens is 12. The van der Waals surface area contributed by atoms with E-state index in [4.69, 9.17) is 53.8 Å². The van der Waals surface area contributed by atoms with E-state index in [0.717, 1.165) is 78.3 Å². The molecule has 0 aliphatic carbocycles. The fourth-order valence-corrected chi connectivity index (χ4v) is 11.3. The van der Waals surface area contributed by atoms with E-state index in [1.54, 1.807) is 30.0 Å². The van der Waals surface area contributed by atoms with Gasteiger partial charge >= 0.3 is 36.4 Å². The number of H-pyrrole nitrogens is 1. The van der Waals surface area contributed by atoms with Gasteiger partial charge in [0.05, 0.1) is 41.5 Å². The molecule has 0 saturated heterocycles. The predicted octanol–water partition coefficient (Wildman–Crippen LogP) is 11.0. The van der Waals surface area contributed by atoms with Gasteiger partial charge in [0.2, 0.25) is 5.78 Å². The van der Waals surface area contributed by atoms with Crippen molar-refractivity contribution >= 4 is 94.6 Å². The zero-order valence-electron chi connectivity index (χ0n) is 51.9. The van der Waals surface area contributed by atoms with E-state index in [0.29, 0.717) is 43.9 Å². The molecule has 0 spiro atoms. The highest BCUT2D eigenvalue weighted by Gasteiger charge is 2.35. The molecular weight excluding hydrogens is 1410 g/mol. The molecule has 0 bridgehead atoms. The average molecular weight is 1470 g/mol. The highest BCUT2D eigenvalue weighted by molar-refractivity contribution is 7.92. The fourth-order valence-electron chi connectivity index (χ4n) is 8.75. The second-order valence-electron chi connectivity index (χ2n) is 20.4. The minimum Gasteiger partial charge on any atom is -0.480 e. The highest BCUT2D eigenvalue weighted by Crippen LogP contribution is 2.34. The first-order chi connectivity index (χ1) is 45.4. The number of aromatic amines is 1. The molecule has 97 heavy (non-hydrogen) atoms.